The maximum absolute atomic E-state index is 4.44. The van der Waals surface area contributed by atoms with Gasteiger partial charge in [0.2, 0.25) is 5.95 Å². The normalized spacial score (nSPS) is 11.2. The van der Waals surface area contributed by atoms with E-state index in [4.69, 9.17) is 0 Å². The molecule has 0 atom stereocenters. The van der Waals surface area contributed by atoms with Gasteiger partial charge in [0, 0.05) is 25.9 Å². The van der Waals surface area contributed by atoms with Crippen LogP contribution in [0.3, 0.4) is 0 Å². The number of hydrogen-bond donors (Lipinski definition) is 2. The Morgan fingerprint density at radius 2 is 1.90 bits per heavy atom. The summed E-state index contributed by atoms with van der Waals surface area (Å²) in [5.41, 5.74) is 1.84. The summed E-state index contributed by atoms with van der Waals surface area (Å²) in [5, 5.41) is 6.34. The van der Waals surface area contributed by atoms with E-state index in [2.05, 4.69) is 46.4 Å². The maximum Gasteiger partial charge on any atom is 0.224 e. The molecule has 0 aliphatic rings. The Morgan fingerprint density at radius 3 is 2.50 bits per heavy atom. The van der Waals surface area contributed by atoms with E-state index in [9.17, 15) is 0 Å². The Balaban J connectivity index is 2.30. The number of rotatable bonds is 4. The van der Waals surface area contributed by atoms with Gasteiger partial charge in [0.1, 0.15) is 5.82 Å². The molecule has 2 heterocycles. The Morgan fingerprint density at radius 1 is 1.10 bits per heavy atom. The van der Waals surface area contributed by atoms with Crippen LogP contribution in [-0.2, 0) is 0 Å². The number of anilines is 2. The number of hydrogen-bond acceptors (Lipinski definition) is 5. The summed E-state index contributed by atoms with van der Waals surface area (Å²) in [6.07, 6.45) is 1.76. The van der Waals surface area contributed by atoms with Crippen molar-refractivity contribution >= 4 is 11.8 Å². The minimum absolute atomic E-state index is 0.190. The molecule has 0 radical (unpaired) electrons. The zero-order chi connectivity index (χ0) is 14.6. The summed E-state index contributed by atoms with van der Waals surface area (Å²) in [6.45, 7) is 7.38. The molecule has 5 heteroatoms. The van der Waals surface area contributed by atoms with E-state index in [0.717, 1.165) is 23.8 Å². The highest BCUT2D eigenvalue weighted by Gasteiger charge is 2.12. The molecule has 0 aliphatic heterocycles. The number of pyridine rings is 1. The smallest absolute Gasteiger partial charge is 0.224 e. The highest BCUT2D eigenvalue weighted by molar-refractivity contribution is 5.60. The summed E-state index contributed by atoms with van der Waals surface area (Å²) in [4.78, 5) is 13.2. The number of aromatic nitrogens is 3. The van der Waals surface area contributed by atoms with Gasteiger partial charge in [-0.1, -0.05) is 26.8 Å². The van der Waals surface area contributed by atoms with Crippen LogP contribution in [0.15, 0.2) is 30.5 Å². The third kappa shape index (κ3) is 3.91. The molecule has 2 aromatic heterocycles. The molecule has 0 fully saturated rings. The highest BCUT2D eigenvalue weighted by atomic mass is 15.1. The standard InChI is InChI=1S/C15H21N5/c1-15(2,3)10-18-13-9-12(19-14(16-4)20-13)11-7-5-6-8-17-11/h5-9H,10H2,1-4H3,(H2,16,18,19,20). The van der Waals surface area contributed by atoms with Crippen molar-refractivity contribution in [3.8, 4) is 11.4 Å². The van der Waals surface area contributed by atoms with Crippen molar-refractivity contribution in [2.75, 3.05) is 24.2 Å². The molecule has 0 aromatic carbocycles. The van der Waals surface area contributed by atoms with Crippen molar-refractivity contribution in [3.05, 3.63) is 30.5 Å². The van der Waals surface area contributed by atoms with Gasteiger partial charge in [0.05, 0.1) is 11.4 Å². The molecular weight excluding hydrogens is 250 g/mol. The third-order valence-electron chi connectivity index (χ3n) is 2.68. The Hall–Kier alpha value is -2.17. The molecular formula is C15H21N5. The predicted octanol–water partition coefficient (Wildman–Crippen LogP) is 3.04. The van der Waals surface area contributed by atoms with Gasteiger partial charge in [-0.05, 0) is 17.5 Å². The van der Waals surface area contributed by atoms with Crippen LogP contribution in [0.5, 0.6) is 0 Å². The minimum atomic E-state index is 0.190. The maximum atomic E-state index is 4.44. The van der Waals surface area contributed by atoms with Crippen molar-refractivity contribution in [2.24, 2.45) is 5.41 Å². The molecule has 5 nitrogen and oxygen atoms in total. The van der Waals surface area contributed by atoms with Crippen LogP contribution >= 0.6 is 0 Å². The minimum Gasteiger partial charge on any atom is -0.369 e. The molecule has 2 rings (SSSR count). The van der Waals surface area contributed by atoms with Crippen molar-refractivity contribution in [2.45, 2.75) is 20.8 Å². The fourth-order valence-corrected chi connectivity index (χ4v) is 1.65. The zero-order valence-corrected chi connectivity index (χ0v) is 12.4. The van der Waals surface area contributed by atoms with E-state index in [1.807, 2.05) is 31.3 Å². The molecule has 0 aliphatic carbocycles. The van der Waals surface area contributed by atoms with Crippen molar-refractivity contribution < 1.29 is 0 Å². The fraction of sp³-hybridized carbons (Fsp3) is 0.400. The number of nitrogens with one attached hydrogen (secondary N) is 2. The topological polar surface area (TPSA) is 62.7 Å². The third-order valence-corrected chi connectivity index (χ3v) is 2.68. The first-order valence-corrected chi connectivity index (χ1v) is 6.70. The molecule has 0 bridgehead atoms. The van der Waals surface area contributed by atoms with Gasteiger partial charge in [-0.25, -0.2) is 4.98 Å². The average molecular weight is 271 g/mol. The molecule has 0 spiro atoms. The van der Waals surface area contributed by atoms with Gasteiger partial charge in [-0.2, -0.15) is 4.98 Å². The van der Waals surface area contributed by atoms with Crippen molar-refractivity contribution in [3.63, 3.8) is 0 Å². The van der Waals surface area contributed by atoms with Crippen LogP contribution in [-0.4, -0.2) is 28.5 Å². The van der Waals surface area contributed by atoms with Crippen molar-refractivity contribution in [1.82, 2.24) is 15.0 Å². The average Bonchev–Trinajstić information content (AvgIpc) is 2.45. The second-order valence-corrected chi connectivity index (χ2v) is 5.84. The Labute approximate surface area is 119 Å². The number of nitrogens with zero attached hydrogens (tertiary/aromatic N) is 3. The van der Waals surface area contributed by atoms with Gasteiger partial charge < -0.3 is 10.6 Å². The molecule has 20 heavy (non-hydrogen) atoms. The molecule has 106 valence electrons. The quantitative estimate of drug-likeness (QED) is 0.895. The molecule has 0 amide bonds. The van der Waals surface area contributed by atoms with Gasteiger partial charge in [-0.15, -0.1) is 0 Å². The largest absolute Gasteiger partial charge is 0.369 e. The lowest BCUT2D eigenvalue weighted by Crippen LogP contribution is -2.20. The van der Waals surface area contributed by atoms with Gasteiger partial charge in [-0.3, -0.25) is 4.98 Å². The van der Waals surface area contributed by atoms with E-state index in [-0.39, 0.29) is 5.41 Å². The summed E-state index contributed by atoms with van der Waals surface area (Å²) in [7, 11) is 1.81. The van der Waals surface area contributed by atoms with Crippen LogP contribution in [0.4, 0.5) is 11.8 Å². The van der Waals surface area contributed by atoms with E-state index in [1.54, 1.807) is 6.20 Å². The van der Waals surface area contributed by atoms with E-state index in [0.29, 0.717) is 5.95 Å². The second-order valence-electron chi connectivity index (χ2n) is 5.84. The SMILES string of the molecule is CNc1nc(NCC(C)(C)C)cc(-c2ccccn2)n1. The molecule has 2 aromatic rings. The van der Waals surface area contributed by atoms with Crippen molar-refractivity contribution in [1.29, 1.82) is 0 Å². The van der Waals surface area contributed by atoms with Crippen LogP contribution in [0.1, 0.15) is 20.8 Å². The molecule has 2 N–H and O–H groups in total. The first-order chi connectivity index (χ1) is 9.48. The van der Waals surface area contributed by atoms with E-state index in [1.165, 1.54) is 0 Å². The predicted molar refractivity (Wildman–Crippen MR) is 82.8 cm³/mol. The molecule has 0 saturated heterocycles. The van der Waals surface area contributed by atoms with Gasteiger partial charge >= 0.3 is 0 Å². The first-order valence-electron chi connectivity index (χ1n) is 6.70. The summed E-state index contributed by atoms with van der Waals surface area (Å²) < 4.78 is 0. The fourth-order valence-electron chi connectivity index (χ4n) is 1.65. The van der Waals surface area contributed by atoms with Gasteiger partial charge in [0.25, 0.3) is 0 Å². The van der Waals surface area contributed by atoms with Crippen LogP contribution in [0.2, 0.25) is 0 Å². The molecule has 0 saturated carbocycles. The van der Waals surface area contributed by atoms with Crippen LogP contribution in [0, 0.1) is 5.41 Å². The Bertz CT molecular complexity index is 560. The van der Waals surface area contributed by atoms with E-state index >= 15 is 0 Å². The summed E-state index contributed by atoms with van der Waals surface area (Å²) in [6, 6.07) is 7.71. The highest BCUT2D eigenvalue weighted by Crippen LogP contribution is 2.20. The lowest BCUT2D eigenvalue weighted by Gasteiger charge is -2.19. The summed E-state index contributed by atoms with van der Waals surface area (Å²) >= 11 is 0. The van der Waals surface area contributed by atoms with Crippen LogP contribution in [0.25, 0.3) is 11.4 Å². The zero-order valence-electron chi connectivity index (χ0n) is 12.4. The van der Waals surface area contributed by atoms with E-state index < -0.39 is 0 Å². The first kappa shape index (κ1) is 14.2. The summed E-state index contributed by atoms with van der Waals surface area (Å²) in [5.74, 6) is 1.39. The molecule has 0 unspecified atom stereocenters. The van der Waals surface area contributed by atoms with Gasteiger partial charge in [0.15, 0.2) is 0 Å². The lowest BCUT2D eigenvalue weighted by molar-refractivity contribution is 0.442. The lowest BCUT2D eigenvalue weighted by atomic mass is 9.97. The second kappa shape index (κ2) is 5.86. The van der Waals surface area contributed by atoms with Crippen LogP contribution < -0.4 is 10.6 Å². The Kier molecular flexibility index (Phi) is 4.17. The monoisotopic (exact) mass is 271 g/mol.